The first-order valence-electron chi connectivity index (χ1n) is 7.92. The molecule has 1 spiro atoms. The number of ether oxygens (including phenoxy) is 1. The van der Waals surface area contributed by atoms with Gasteiger partial charge in [-0.15, -0.1) is 0 Å². The summed E-state index contributed by atoms with van der Waals surface area (Å²) < 4.78 is 28.4. The standard InChI is InChI=1S/C15H26ClNO4S/c1-14(2,3)21-13(18)17-11-15(7-4-5-8-15)9-6-12(17)10-22(16,19)20/h12H,4-11H2,1-3H3. The molecular formula is C15H26ClNO4S. The molecule has 0 aromatic carbocycles. The van der Waals surface area contributed by atoms with Gasteiger partial charge in [-0.2, -0.15) is 0 Å². The second kappa shape index (κ2) is 6.19. The molecule has 128 valence electrons. The number of carbonyl (C=O) groups is 1. The molecule has 0 radical (unpaired) electrons. The van der Waals surface area contributed by atoms with Crippen LogP contribution in [0, 0.1) is 5.41 Å². The predicted octanol–water partition coefficient (Wildman–Crippen LogP) is 3.51. The number of nitrogens with zero attached hydrogens (tertiary/aromatic N) is 1. The molecule has 5 nitrogen and oxygen atoms in total. The monoisotopic (exact) mass is 351 g/mol. The average Bonchev–Trinajstić information content (AvgIpc) is 2.76. The Bertz CT molecular complexity index is 520. The zero-order valence-corrected chi connectivity index (χ0v) is 15.2. The number of likely N-dealkylation sites (tertiary alicyclic amines) is 1. The Kier molecular flexibility index (Phi) is 5.03. The first-order chi connectivity index (χ1) is 10.00. The molecule has 2 aliphatic rings. The lowest BCUT2D eigenvalue weighted by Crippen LogP contribution is -2.54. The number of amides is 1. The van der Waals surface area contributed by atoms with E-state index in [2.05, 4.69) is 0 Å². The Balaban J connectivity index is 2.17. The fourth-order valence-corrected chi connectivity index (χ4v) is 4.91. The van der Waals surface area contributed by atoms with Gasteiger partial charge in [0.25, 0.3) is 0 Å². The summed E-state index contributed by atoms with van der Waals surface area (Å²) in [4.78, 5) is 14.1. The summed E-state index contributed by atoms with van der Waals surface area (Å²) in [5, 5.41) is 0. The van der Waals surface area contributed by atoms with E-state index in [-0.39, 0.29) is 17.2 Å². The van der Waals surface area contributed by atoms with Crippen molar-refractivity contribution in [3.8, 4) is 0 Å². The second-order valence-electron chi connectivity index (χ2n) is 7.71. The summed E-state index contributed by atoms with van der Waals surface area (Å²) in [6.07, 6.45) is 5.78. The van der Waals surface area contributed by atoms with Gasteiger partial charge in [0.05, 0.1) is 11.8 Å². The van der Waals surface area contributed by atoms with Gasteiger partial charge in [0.2, 0.25) is 9.05 Å². The summed E-state index contributed by atoms with van der Waals surface area (Å²) in [6.45, 7) is 6.02. The highest BCUT2D eigenvalue weighted by Gasteiger charge is 2.45. The molecule has 1 heterocycles. The third kappa shape index (κ3) is 4.75. The van der Waals surface area contributed by atoms with Crippen LogP contribution >= 0.6 is 10.7 Å². The molecule has 1 saturated heterocycles. The molecule has 0 aromatic rings. The molecule has 0 bridgehead atoms. The minimum absolute atomic E-state index is 0.142. The minimum Gasteiger partial charge on any atom is -0.444 e. The third-order valence-electron chi connectivity index (χ3n) is 4.64. The molecule has 1 aliphatic heterocycles. The smallest absolute Gasteiger partial charge is 0.410 e. The summed E-state index contributed by atoms with van der Waals surface area (Å²) >= 11 is 0. The van der Waals surface area contributed by atoms with Crippen molar-refractivity contribution < 1.29 is 17.9 Å². The first-order valence-corrected chi connectivity index (χ1v) is 10.4. The van der Waals surface area contributed by atoms with Crippen molar-refractivity contribution >= 4 is 25.8 Å². The van der Waals surface area contributed by atoms with E-state index >= 15 is 0 Å². The molecule has 1 aliphatic carbocycles. The molecule has 0 N–H and O–H groups in total. The van der Waals surface area contributed by atoms with Crippen molar-refractivity contribution in [1.82, 2.24) is 4.90 Å². The fourth-order valence-electron chi connectivity index (χ4n) is 3.67. The van der Waals surface area contributed by atoms with Crippen LogP contribution in [0.25, 0.3) is 0 Å². The van der Waals surface area contributed by atoms with Crippen molar-refractivity contribution in [3.05, 3.63) is 0 Å². The van der Waals surface area contributed by atoms with Gasteiger partial charge in [0.15, 0.2) is 0 Å². The molecule has 0 aromatic heterocycles. The van der Waals surface area contributed by atoms with Gasteiger partial charge in [-0.05, 0) is 51.9 Å². The molecule has 7 heteroatoms. The van der Waals surface area contributed by atoms with Crippen molar-refractivity contribution in [2.45, 2.75) is 70.9 Å². The maximum absolute atomic E-state index is 12.5. The van der Waals surface area contributed by atoms with E-state index in [4.69, 9.17) is 15.4 Å². The topological polar surface area (TPSA) is 63.7 Å². The maximum Gasteiger partial charge on any atom is 0.410 e. The molecule has 22 heavy (non-hydrogen) atoms. The Morgan fingerprint density at radius 3 is 2.36 bits per heavy atom. The van der Waals surface area contributed by atoms with Crippen LogP contribution in [0.2, 0.25) is 0 Å². The van der Waals surface area contributed by atoms with Gasteiger partial charge in [0.1, 0.15) is 5.60 Å². The largest absolute Gasteiger partial charge is 0.444 e. The quantitative estimate of drug-likeness (QED) is 0.714. The predicted molar refractivity (Wildman–Crippen MR) is 86.5 cm³/mol. The van der Waals surface area contributed by atoms with Crippen molar-refractivity contribution in [1.29, 1.82) is 0 Å². The molecule has 1 atom stereocenters. The van der Waals surface area contributed by atoms with E-state index in [0.717, 1.165) is 19.3 Å². The molecule has 2 rings (SSSR count). The first kappa shape index (κ1) is 17.9. The van der Waals surface area contributed by atoms with Gasteiger partial charge in [0, 0.05) is 17.2 Å². The lowest BCUT2D eigenvalue weighted by molar-refractivity contribution is -0.00881. The van der Waals surface area contributed by atoms with Crippen LogP contribution in [-0.2, 0) is 13.8 Å². The molecular weight excluding hydrogens is 326 g/mol. The highest BCUT2D eigenvalue weighted by Crippen LogP contribution is 2.46. The van der Waals surface area contributed by atoms with E-state index < -0.39 is 20.7 Å². The zero-order chi connectivity index (χ0) is 16.6. The molecule has 2 fully saturated rings. The number of carbonyl (C=O) groups excluding carboxylic acids is 1. The summed E-state index contributed by atoms with van der Waals surface area (Å²) in [5.74, 6) is -0.204. The Labute approximate surface area is 137 Å². The number of halogens is 1. The lowest BCUT2D eigenvalue weighted by Gasteiger charge is -2.45. The van der Waals surface area contributed by atoms with Gasteiger partial charge in [-0.1, -0.05) is 12.8 Å². The van der Waals surface area contributed by atoms with Crippen LogP contribution in [0.5, 0.6) is 0 Å². The van der Waals surface area contributed by atoms with Crippen LogP contribution in [0.4, 0.5) is 4.79 Å². The van der Waals surface area contributed by atoms with Crippen LogP contribution in [-0.4, -0.2) is 43.4 Å². The van der Waals surface area contributed by atoms with Gasteiger partial charge in [-0.25, -0.2) is 13.2 Å². The van der Waals surface area contributed by atoms with Crippen LogP contribution in [0.1, 0.15) is 59.3 Å². The number of piperidine rings is 1. The van der Waals surface area contributed by atoms with Crippen LogP contribution in [0.3, 0.4) is 0 Å². The number of hydrogen-bond donors (Lipinski definition) is 0. The van der Waals surface area contributed by atoms with E-state index in [0.29, 0.717) is 13.0 Å². The lowest BCUT2D eigenvalue weighted by atomic mass is 9.77. The Hall–Kier alpha value is -0.490. The van der Waals surface area contributed by atoms with E-state index in [1.54, 1.807) is 4.90 Å². The molecule has 1 amide bonds. The Morgan fingerprint density at radius 1 is 1.27 bits per heavy atom. The molecule has 1 saturated carbocycles. The van der Waals surface area contributed by atoms with E-state index in [1.807, 2.05) is 20.8 Å². The third-order valence-corrected chi connectivity index (χ3v) is 5.80. The maximum atomic E-state index is 12.5. The highest BCUT2D eigenvalue weighted by molar-refractivity contribution is 8.13. The van der Waals surface area contributed by atoms with Gasteiger partial charge < -0.3 is 9.64 Å². The summed E-state index contributed by atoms with van der Waals surface area (Å²) in [7, 11) is 1.77. The Morgan fingerprint density at radius 2 is 1.86 bits per heavy atom. The molecule has 1 unspecified atom stereocenters. The van der Waals surface area contributed by atoms with Gasteiger partial charge in [-0.3, -0.25) is 0 Å². The SMILES string of the molecule is CC(C)(C)OC(=O)N1CC2(CCCC2)CCC1CS(=O)(=O)Cl. The fraction of sp³-hybridized carbons (Fsp3) is 0.933. The normalized spacial score (nSPS) is 25.5. The van der Waals surface area contributed by atoms with E-state index in [1.165, 1.54) is 12.8 Å². The minimum atomic E-state index is -3.65. The number of hydrogen-bond acceptors (Lipinski definition) is 4. The van der Waals surface area contributed by atoms with Crippen molar-refractivity contribution in [2.75, 3.05) is 12.3 Å². The van der Waals surface area contributed by atoms with Crippen molar-refractivity contribution in [2.24, 2.45) is 5.41 Å². The number of rotatable bonds is 2. The summed E-state index contributed by atoms with van der Waals surface area (Å²) in [5.41, 5.74) is -0.453. The van der Waals surface area contributed by atoms with Crippen LogP contribution in [0.15, 0.2) is 0 Å². The highest BCUT2D eigenvalue weighted by atomic mass is 35.7. The van der Waals surface area contributed by atoms with Gasteiger partial charge >= 0.3 is 6.09 Å². The van der Waals surface area contributed by atoms with Crippen molar-refractivity contribution in [3.63, 3.8) is 0 Å². The van der Waals surface area contributed by atoms with E-state index in [9.17, 15) is 13.2 Å². The second-order valence-corrected chi connectivity index (χ2v) is 10.5. The summed E-state index contributed by atoms with van der Waals surface area (Å²) in [6, 6.07) is -0.386. The van der Waals surface area contributed by atoms with Crippen LogP contribution < -0.4 is 0 Å². The average molecular weight is 352 g/mol. The zero-order valence-electron chi connectivity index (χ0n) is 13.6.